The molecule has 0 spiro atoms. The Morgan fingerprint density at radius 3 is 2.02 bits per heavy atom. The Morgan fingerprint density at radius 2 is 1.16 bits per heavy atom. The van der Waals surface area contributed by atoms with Crippen molar-refractivity contribution in [1.82, 2.24) is 14.5 Å². The fourth-order valence-electron chi connectivity index (χ4n) is 8.37. The molecule has 0 aliphatic carbocycles. The number of rotatable bonds is 2. The number of hydrogen-bond donors (Lipinski definition) is 0. The van der Waals surface area contributed by atoms with Crippen LogP contribution in [0.5, 0.6) is 0 Å². The summed E-state index contributed by atoms with van der Waals surface area (Å²) in [6.07, 6.45) is 0. The zero-order chi connectivity index (χ0) is 33.2. The third kappa shape index (κ3) is 3.68. The highest BCUT2D eigenvalue weighted by Crippen LogP contribution is 2.48. The van der Waals surface area contributed by atoms with Crippen LogP contribution in [0.2, 0.25) is 0 Å². The number of aromatic nitrogens is 3. The van der Waals surface area contributed by atoms with Crippen molar-refractivity contribution in [1.29, 1.82) is 0 Å². The Hall–Kier alpha value is -6.56. The minimum absolute atomic E-state index is 0.578. The highest BCUT2D eigenvalue weighted by atomic mass is 32.1. The zero-order valence-electron chi connectivity index (χ0n) is 27.1. The lowest BCUT2D eigenvalue weighted by Gasteiger charge is -2.11. The van der Waals surface area contributed by atoms with Crippen LogP contribution in [0.1, 0.15) is 0 Å². The third-order valence-corrected chi connectivity index (χ3v) is 11.8. The fourth-order valence-corrected chi connectivity index (χ4v) is 9.63. The molecule has 4 heterocycles. The van der Waals surface area contributed by atoms with Gasteiger partial charge in [0, 0.05) is 42.6 Å². The highest BCUT2D eigenvalue weighted by molar-refractivity contribution is 7.27. The van der Waals surface area contributed by atoms with Gasteiger partial charge in [-0.15, -0.1) is 11.3 Å². The molecule has 4 aromatic heterocycles. The van der Waals surface area contributed by atoms with Gasteiger partial charge in [0.2, 0.25) is 11.7 Å². The Kier molecular flexibility index (Phi) is 5.35. The van der Waals surface area contributed by atoms with Crippen molar-refractivity contribution in [3.8, 4) is 17.2 Å². The van der Waals surface area contributed by atoms with Gasteiger partial charge in [0.25, 0.3) is 0 Å². The van der Waals surface area contributed by atoms with Gasteiger partial charge in [-0.05, 0) is 51.2 Å². The summed E-state index contributed by atoms with van der Waals surface area (Å²) >= 11 is 1.84. The van der Waals surface area contributed by atoms with Crippen molar-refractivity contribution >= 4 is 108 Å². The molecule has 5 heteroatoms. The summed E-state index contributed by atoms with van der Waals surface area (Å²) in [6.45, 7) is 0. The molecule has 0 aliphatic heterocycles. The van der Waals surface area contributed by atoms with E-state index in [0.29, 0.717) is 11.7 Å². The summed E-state index contributed by atoms with van der Waals surface area (Å²) in [6, 6.07) is 54.0. The van der Waals surface area contributed by atoms with Crippen LogP contribution in [0.4, 0.5) is 0 Å². The van der Waals surface area contributed by atoms with Gasteiger partial charge < -0.3 is 4.42 Å². The maximum absolute atomic E-state index is 6.82. The molecule has 0 aliphatic rings. The quantitative estimate of drug-likeness (QED) is 0.184. The van der Waals surface area contributed by atoms with Gasteiger partial charge in [0.1, 0.15) is 5.58 Å². The molecule has 0 atom stereocenters. The van der Waals surface area contributed by atoms with Gasteiger partial charge in [-0.1, -0.05) is 127 Å². The average molecular weight is 668 g/mol. The standard InChI is InChI=1S/C46H25N3OS/c1-2-13-28-25-29(22-21-26(28)11-1)41-40-35-24-23-27-12-3-4-14-30(27)43(35)50-45(40)48-46(47-41)49-36-19-9-7-17-33(36)38-31-15-5-6-16-32(31)39-34-18-8-10-20-37(34)51-44(39)42(38)49/h1-25H. The van der Waals surface area contributed by atoms with Gasteiger partial charge in [0.15, 0.2) is 0 Å². The second kappa shape index (κ2) is 10.0. The van der Waals surface area contributed by atoms with Crippen LogP contribution in [0.25, 0.3) is 114 Å². The Labute approximate surface area is 294 Å². The van der Waals surface area contributed by atoms with Crippen LogP contribution < -0.4 is 0 Å². The Bertz CT molecular complexity index is 3440. The molecule has 0 fully saturated rings. The number of fused-ring (bicyclic) bond motifs is 16. The number of furan rings is 1. The van der Waals surface area contributed by atoms with E-state index in [2.05, 4.69) is 156 Å². The molecule has 0 unspecified atom stereocenters. The maximum atomic E-state index is 6.82. The molecule has 0 N–H and O–H groups in total. The number of benzene rings is 8. The summed E-state index contributed by atoms with van der Waals surface area (Å²) < 4.78 is 11.6. The topological polar surface area (TPSA) is 43.9 Å². The summed E-state index contributed by atoms with van der Waals surface area (Å²) in [4.78, 5) is 10.9. The Morgan fingerprint density at radius 1 is 0.490 bits per heavy atom. The van der Waals surface area contributed by atoms with E-state index in [1.54, 1.807) is 0 Å². The van der Waals surface area contributed by atoms with E-state index >= 15 is 0 Å². The molecule has 4 nitrogen and oxygen atoms in total. The maximum Gasteiger partial charge on any atom is 0.238 e. The van der Waals surface area contributed by atoms with Crippen molar-refractivity contribution in [2.75, 3.05) is 0 Å². The Balaban J connectivity index is 1.29. The van der Waals surface area contributed by atoms with Crippen LogP contribution in [0, 0.1) is 0 Å². The van der Waals surface area contributed by atoms with Gasteiger partial charge in [-0.2, -0.15) is 4.98 Å². The van der Waals surface area contributed by atoms with Crippen molar-refractivity contribution in [3.63, 3.8) is 0 Å². The van der Waals surface area contributed by atoms with Crippen LogP contribution in [0.3, 0.4) is 0 Å². The minimum Gasteiger partial charge on any atom is -0.437 e. The predicted molar refractivity (Wildman–Crippen MR) is 214 cm³/mol. The second-order valence-electron chi connectivity index (χ2n) is 13.3. The molecule has 0 saturated carbocycles. The van der Waals surface area contributed by atoms with Gasteiger partial charge >= 0.3 is 0 Å². The first kappa shape index (κ1) is 27.3. The fraction of sp³-hybridized carbons (Fsp3) is 0. The number of nitrogens with zero attached hydrogens (tertiary/aromatic N) is 3. The summed E-state index contributed by atoms with van der Waals surface area (Å²) in [5.41, 5.74) is 5.47. The van der Waals surface area contributed by atoms with E-state index in [1.165, 1.54) is 47.1 Å². The lowest BCUT2D eigenvalue weighted by Crippen LogP contribution is -2.03. The first-order valence-corrected chi connectivity index (χ1v) is 18.0. The average Bonchev–Trinajstić information content (AvgIpc) is 3.88. The summed E-state index contributed by atoms with van der Waals surface area (Å²) in [5.74, 6) is 0.592. The van der Waals surface area contributed by atoms with Crippen LogP contribution in [-0.4, -0.2) is 14.5 Å². The van der Waals surface area contributed by atoms with E-state index in [9.17, 15) is 0 Å². The zero-order valence-corrected chi connectivity index (χ0v) is 27.9. The van der Waals surface area contributed by atoms with Crippen molar-refractivity contribution in [2.24, 2.45) is 0 Å². The molecule has 0 radical (unpaired) electrons. The molecule has 0 saturated heterocycles. The number of hydrogen-bond acceptors (Lipinski definition) is 4. The number of thiophene rings is 1. The molecule has 0 amide bonds. The molecule has 12 rings (SSSR count). The van der Waals surface area contributed by atoms with E-state index in [-0.39, 0.29) is 0 Å². The van der Waals surface area contributed by atoms with E-state index in [0.717, 1.165) is 54.8 Å². The van der Waals surface area contributed by atoms with Crippen LogP contribution in [0.15, 0.2) is 156 Å². The summed E-state index contributed by atoms with van der Waals surface area (Å²) in [5, 5.41) is 13.9. The monoisotopic (exact) mass is 667 g/mol. The van der Waals surface area contributed by atoms with Gasteiger partial charge in [0.05, 0.1) is 26.8 Å². The lowest BCUT2D eigenvalue weighted by molar-refractivity contribution is 0.655. The molecule has 0 bridgehead atoms. The van der Waals surface area contributed by atoms with Crippen molar-refractivity contribution < 1.29 is 4.42 Å². The molecule has 8 aromatic carbocycles. The molecular formula is C46H25N3OS. The van der Waals surface area contributed by atoms with Gasteiger partial charge in [-0.3, -0.25) is 4.57 Å². The second-order valence-corrected chi connectivity index (χ2v) is 14.4. The first-order chi connectivity index (χ1) is 25.3. The first-order valence-electron chi connectivity index (χ1n) is 17.2. The predicted octanol–water partition coefficient (Wildman–Crippen LogP) is 13.0. The molecular weight excluding hydrogens is 643 g/mol. The van der Waals surface area contributed by atoms with Crippen LogP contribution in [-0.2, 0) is 0 Å². The normalized spacial score (nSPS) is 12.3. The van der Waals surface area contributed by atoms with E-state index in [1.807, 2.05) is 11.3 Å². The van der Waals surface area contributed by atoms with Gasteiger partial charge in [-0.25, -0.2) is 4.98 Å². The molecule has 12 aromatic rings. The summed E-state index contributed by atoms with van der Waals surface area (Å²) in [7, 11) is 0. The van der Waals surface area contributed by atoms with E-state index in [4.69, 9.17) is 14.4 Å². The van der Waals surface area contributed by atoms with Crippen molar-refractivity contribution in [3.05, 3.63) is 152 Å². The smallest absolute Gasteiger partial charge is 0.238 e. The van der Waals surface area contributed by atoms with Crippen LogP contribution >= 0.6 is 11.3 Å². The number of para-hydroxylation sites is 1. The lowest BCUT2D eigenvalue weighted by atomic mass is 9.99. The minimum atomic E-state index is 0.578. The third-order valence-electron chi connectivity index (χ3n) is 10.6. The van der Waals surface area contributed by atoms with Crippen molar-refractivity contribution in [2.45, 2.75) is 0 Å². The highest BCUT2D eigenvalue weighted by Gasteiger charge is 2.25. The molecule has 51 heavy (non-hydrogen) atoms. The molecule has 236 valence electrons. The largest absolute Gasteiger partial charge is 0.437 e. The van der Waals surface area contributed by atoms with E-state index < -0.39 is 0 Å². The SMILES string of the molecule is c1ccc2cc(-c3nc(-n4c5ccccc5c5c6ccccc6c6c7ccccc7sc6c54)nc4oc5c6ccccc6ccc5c34)ccc2c1.